The average Bonchev–Trinajstić information content (AvgIpc) is 2.58. The molecule has 0 N–H and O–H groups in total. The summed E-state index contributed by atoms with van der Waals surface area (Å²) in [5, 5.41) is 1.55. The first-order valence-corrected chi connectivity index (χ1v) is 8.07. The second-order valence-corrected chi connectivity index (χ2v) is 6.03. The van der Waals surface area contributed by atoms with E-state index in [0.717, 1.165) is 31.2 Å². The van der Waals surface area contributed by atoms with Crippen molar-refractivity contribution in [2.45, 2.75) is 31.8 Å². The van der Waals surface area contributed by atoms with Crippen LogP contribution in [0.3, 0.4) is 0 Å². The number of nitrogens with zero attached hydrogens (tertiary/aromatic N) is 2. The van der Waals surface area contributed by atoms with Gasteiger partial charge in [0.1, 0.15) is 6.54 Å². The summed E-state index contributed by atoms with van der Waals surface area (Å²) in [4.78, 5) is 27.0. The van der Waals surface area contributed by atoms with E-state index in [-0.39, 0.29) is 24.1 Å². The Kier molecular flexibility index (Phi) is 4.76. The molecule has 0 unspecified atom stereocenters. The summed E-state index contributed by atoms with van der Waals surface area (Å²) in [5.41, 5.74) is -0.114. The summed E-state index contributed by atoms with van der Waals surface area (Å²) in [5.74, 6) is -0.0101. The van der Waals surface area contributed by atoms with Gasteiger partial charge in [0.2, 0.25) is 5.91 Å². The fourth-order valence-corrected chi connectivity index (χ4v) is 3.29. The Morgan fingerprint density at radius 2 is 2.09 bits per heavy atom. The Morgan fingerprint density at radius 1 is 1.26 bits per heavy atom. The minimum Gasteiger partial charge on any atom is -0.383 e. The molecule has 1 fully saturated rings. The molecule has 1 aromatic heterocycles. The molecule has 1 aromatic carbocycles. The van der Waals surface area contributed by atoms with Gasteiger partial charge in [-0.15, -0.1) is 0 Å². The van der Waals surface area contributed by atoms with Gasteiger partial charge in [0, 0.05) is 25.2 Å². The van der Waals surface area contributed by atoms with Crippen LogP contribution < -0.4 is 5.56 Å². The third-order valence-electron chi connectivity index (χ3n) is 4.50. The number of hydrogen-bond donors (Lipinski definition) is 0. The highest BCUT2D eigenvalue weighted by Gasteiger charge is 2.26. The van der Waals surface area contributed by atoms with E-state index >= 15 is 0 Å². The predicted octanol–water partition coefficient (Wildman–Crippen LogP) is 2.03. The number of benzene rings is 1. The van der Waals surface area contributed by atoms with Crippen molar-refractivity contribution in [2.75, 3.05) is 20.3 Å². The summed E-state index contributed by atoms with van der Waals surface area (Å²) >= 11 is 0. The van der Waals surface area contributed by atoms with Crippen LogP contribution in [0.15, 0.2) is 41.3 Å². The summed E-state index contributed by atoms with van der Waals surface area (Å²) < 4.78 is 6.73. The highest BCUT2D eigenvalue weighted by atomic mass is 16.5. The quantitative estimate of drug-likeness (QED) is 0.867. The lowest BCUT2D eigenvalue weighted by molar-refractivity contribution is -0.136. The molecule has 1 aliphatic rings. The third-order valence-corrected chi connectivity index (χ3v) is 4.50. The largest absolute Gasteiger partial charge is 0.383 e. The number of hydrogen-bond acceptors (Lipinski definition) is 3. The van der Waals surface area contributed by atoms with E-state index in [9.17, 15) is 9.59 Å². The van der Waals surface area contributed by atoms with Gasteiger partial charge in [0.15, 0.2) is 0 Å². The number of likely N-dealkylation sites (tertiary alicyclic amines) is 1. The fourth-order valence-electron chi connectivity index (χ4n) is 3.29. The number of piperidine rings is 1. The summed E-state index contributed by atoms with van der Waals surface area (Å²) in [6.45, 7) is 1.39. The highest BCUT2D eigenvalue weighted by Crippen LogP contribution is 2.18. The van der Waals surface area contributed by atoms with Crippen LogP contribution in [0.1, 0.15) is 19.3 Å². The minimum atomic E-state index is -0.114. The lowest BCUT2D eigenvalue weighted by Crippen LogP contribution is -2.47. The van der Waals surface area contributed by atoms with Crippen molar-refractivity contribution in [3.8, 4) is 0 Å². The normalized spacial score (nSPS) is 18.3. The van der Waals surface area contributed by atoms with E-state index in [0.29, 0.717) is 12.0 Å². The summed E-state index contributed by atoms with van der Waals surface area (Å²) in [6.07, 6.45) is 4.80. The zero-order chi connectivity index (χ0) is 16.2. The lowest BCUT2D eigenvalue weighted by atomic mass is 10.0. The molecular formula is C18H22N2O3. The molecule has 3 rings (SSSR count). The van der Waals surface area contributed by atoms with Crippen LogP contribution in [0.5, 0.6) is 0 Å². The maximum Gasteiger partial charge on any atom is 0.258 e. The van der Waals surface area contributed by atoms with E-state index in [1.807, 2.05) is 29.2 Å². The Hall–Kier alpha value is -2.14. The molecule has 5 nitrogen and oxygen atoms in total. The lowest BCUT2D eigenvalue weighted by Gasteiger charge is -2.35. The Bertz CT molecular complexity index is 751. The highest BCUT2D eigenvalue weighted by molar-refractivity contribution is 5.82. The Balaban J connectivity index is 1.82. The number of rotatable bonds is 4. The maximum absolute atomic E-state index is 12.7. The van der Waals surface area contributed by atoms with Gasteiger partial charge >= 0.3 is 0 Å². The molecule has 1 atom stereocenters. The van der Waals surface area contributed by atoms with E-state index in [2.05, 4.69) is 0 Å². The van der Waals surface area contributed by atoms with Crippen molar-refractivity contribution in [1.82, 2.24) is 9.47 Å². The first-order chi connectivity index (χ1) is 11.2. The van der Waals surface area contributed by atoms with Gasteiger partial charge in [-0.25, -0.2) is 0 Å². The fraction of sp³-hybridized carbons (Fsp3) is 0.444. The molecule has 2 aromatic rings. The van der Waals surface area contributed by atoms with E-state index in [1.54, 1.807) is 19.4 Å². The molecule has 1 aliphatic heterocycles. The van der Waals surface area contributed by atoms with Crippen molar-refractivity contribution >= 4 is 16.7 Å². The molecule has 0 radical (unpaired) electrons. The molecule has 122 valence electrons. The maximum atomic E-state index is 12.7. The average molecular weight is 314 g/mol. The molecule has 23 heavy (non-hydrogen) atoms. The SMILES string of the molecule is COC[C@H]1CCCCN1C(=O)Cn1ccc2ccccc2c1=O. The van der Waals surface area contributed by atoms with Crippen LogP contribution in [0.4, 0.5) is 0 Å². The number of pyridine rings is 1. The van der Waals surface area contributed by atoms with Crippen LogP contribution in [-0.2, 0) is 16.1 Å². The van der Waals surface area contributed by atoms with Gasteiger partial charge in [-0.3, -0.25) is 9.59 Å². The third kappa shape index (κ3) is 3.29. The molecule has 1 saturated heterocycles. The second kappa shape index (κ2) is 6.96. The van der Waals surface area contributed by atoms with Crippen molar-refractivity contribution < 1.29 is 9.53 Å². The number of carbonyl (C=O) groups excluding carboxylic acids is 1. The van der Waals surface area contributed by atoms with Crippen molar-refractivity contribution in [3.05, 3.63) is 46.9 Å². The van der Waals surface area contributed by atoms with Gasteiger partial charge in [-0.1, -0.05) is 18.2 Å². The van der Waals surface area contributed by atoms with E-state index in [4.69, 9.17) is 4.74 Å². The number of ether oxygens (including phenoxy) is 1. The smallest absolute Gasteiger partial charge is 0.258 e. The van der Waals surface area contributed by atoms with Crippen molar-refractivity contribution in [1.29, 1.82) is 0 Å². The van der Waals surface area contributed by atoms with Gasteiger partial charge in [0.05, 0.1) is 12.6 Å². The molecule has 1 amide bonds. The molecule has 0 aliphatic carbocycles. The predicted molar refractivity (Wildman–Crippen MR) is 89.4 cm³/mol. The Morgan fingerprint density at radius 3 is 2.91 bits per heavy atom. The van der Waals surface area contributed by atoms with Crippen LogP contribution in [0.2, 0.25) is 0 Å². The standard InChI is InChI=1S/C18H22N2O3/c1-23-13-15-7-4-5-10-20(15)17(21)12-19-11-9-14-6-2-3-8-16(14)18(19)22/h2-3,6,8-9,11,15H,4-5,7,10,12-13H2,1H3/t15-/m1/s1. The summed E-state index contributed by atoms with van der Waals surface area (Å²) in [7, 11) is 1.66. The first-order valence-electron chi connectivity index (χ1n) is 8.07. The van der Waals surface area contributed by atoms with Gasteiger partial charge in [-0.05, 0) is 36.8 Å². The van der Waals surface area contributed by atoms with Crippen LogP contribution in [0.25, 0.3) is 10.8 Å². The van der Waals surface area contributed by atoms with Gasteiger partial charge in [-0.2, -0.15) is 0 Å². The van der Waals surface area contributed by atoms with E-state index < -0.39 is 0 Å². The van der Waals surface area contributed by atoms with Crippen molar-refractivity contribution in [2.24, 2.45) is 0 Å². The summed E-state index contributed by atoms with van der Waals surface area (Å²) in [6, 6.07) is 9.45. The molecule has 0 spiro atoms. The van der Waals surface area contributed by atoms with Crippen LogP contribution in [0, 0.1) is 0 Å². The first kappa shape index (κ1) is 15.7. The number of carbonyl (C=O) groups is 1. The van der Waals surface area contributed by atoms with Crippen molar-refractivity contribution in [3.63, 3.8) is 0 Å². The number of aromatic nitrogens is 1. The topological polar surface area (TPSA) is 51.5 Å². The number of amides is 1. The monoisotopic (exact) mass is 314 g/mol. The van der Waals surface area contributed by atoms with Crippen LogP contribution in [-0.4, -0.2) is 41.7 Å². The molecular weight excluding hydrogens is 292 g/mol. The molecule has 2 heterocycles. The Labute approximate surface area is 135 Å². The van der Waals surface area contributed by atoms with Gasteiger partial charge in [0.25, 0.3) is 5.56 Å². The van der Waals surface area contributed by atoms with E-state index in [1.165, 1.54) is 4.57 Å². The molecule has 5 heteroatoms. The second-order valence-electron chi connectivity index (χ2n) is 6.03. The molecule has 0 saturated carbocycles. The molecule has 0 bridgehead atoms. The number of fused-ring (bicyclic) bond motifs is 1. The minimum absolute atomic E-state index is 0.0101. The zero-order valence-electron chi connectivity index (χ0n) is 13.4. The zero-order valence-corrected chi connectivity index (χ0v) is 13.4. The van der Waals surface area contributed by atoms with Crippen LogP contribution >= 0.6 is 0 Å². The van der Waals surface area contributed by atoms with Gasteiger partial charge < -0.3 is 14.2 Å². The number of methoxy groups -OCH3 is 1.